The van der Waals surface area contributed by atoms with Crippen LogP contribution < -0.4 is 10.6 Å². The summed E-state index contributed by atoms with van der Waals surface area (Å²) in [5.74, 6) is -0.728. The van der Waals surface area contributed by atoms with Gasteiger partial charge in [0.15, 0.2) is 5.13 Å². The van der Waals surface area contributed by atoms with Gasteiger partial charge in [-0.15, -0.1) is 11.3 Å². The number of thiazole rings is 1. The summed E-state index contributed by atoms with van der Waals surface area (Å²) >= 11 is 1.28. The molecule has 2 atom stereocenters. The van der Waals surface area contributed by atoms with Crippen molar-refractivity contribution >= 4 is 45.1 Å². The number of urea groups is 1. The molecule has 1 aromatic heterocycles. The third kappa shape index (κ3) is 3.91. The molecule has 8 heteroatoms. The number of nitrogens with zero attached hydrogens (tertiary/aromatic N) is 2. The van der Waals surface area contributed by atoms with Gasteiger partial charge in [0, 0.05) is 11.6 Å². The predicted molar refractivity (Wildman–Crippen MR) is 116 cm³/mol. The summed E-state index contributed by atoms with van der Waals surface area (Å²) in [4.78, 5) is 44.0. The number of hydrogen-bond acceptors (Lipinski definition) is 5. The molecule has 0 saturated carbocycles. The lowest BCUT2D eigenvalue weighted by atomic mass is 9.99. The molecule has 2 heterocycles. The van der Waals surface area contributed by atoms with E-state index in [1.807, 2.05) is 56.3 Å². The number of nitrogens with one attached hydrogen (secondary N) is 2. The Hall–Kier alpha value is -3.26. The Morgan fingerprint density at radius 2 is 1.97 bits per heavy atom. The first-order chi connectivity index (χ1) is 14.4. The van der Waals surface area contributed by atoms with Gasteiger partial charge in [0.1, 0.15) is 12.1 Å². The fraction of sp³-hybridized carbons (Fsp3) is 0.273. The van der Waals surface area contributed by atoms with Crippen molar-refractivity contribution in [2.24, 2.45) is 5.92 Å². The zero-order chi connectivity index (χ0) is 21.3. The SMILES string of the molecule is CC(C)C[C@@H](C(=O)Nc1nccs1)N1C(=O)NC(c2ccc3ccccc3c2)C1=O. The van der Waals surface area contributed by atoms with Crippen LogP contribution in [0.15, 0.2) is 54.0 Å². The van der Waals surface area contributed by atoms with Gasteiger partial charge < -0.3 is 10.6 Å². The van der Waals surface area contributed by atoms with E-state index in [0.29, 0.717) is 17.1 Å². The molecule has 0 bridgehead atoms. The normalized spacial score (nSPS) is 17.4. The van der Waals surface area contributed by atoms with Gasteiger partial charge in [-0.05, 0) is 34.7 Å². The monoisotopic (exact) mass is 422 g/mol. The summed E-state index contributed by atoms with van der Waals surface area (Å²) in [6, 6.07) is 11.2. The topological polar surface area (TPSA) is 91.4 Å². The van der Waals surface area contributed by atoms with E-state index in [2.05, 4.69) is 15.6 Å². The van der Waals surface area contributed by atoms with Gasteiger partial charge in [-0.25, -0.2) is 14.7 Å². The summed E-state index contributed by atoms with van der Waals surface area (Å²) in [5.41, 5.74) is 0.693. The van der Waals surface area contributed by atoms with Crippen LogP contribution >= 0.6 is 11.3 Å². The van der Waals surface area contributed by atoms with Crippen molar-refractivity contribution in [3.63, 3.8) is 0 Å². The molecule has 3 aromatic rings. The van der Waals surface area contributed by atoms with Crippen molar-refractivity contribution in [2.45, 2.75) is 32.4 Å². The van der Waals surface area contributed by atoms with E-state index in [0.717, 1.165) is 15.7 Å². The molecule has 30 heavy (non-hydrogen) atoms. The third-order valence-corrected chi connectivity index (χ3v) is 5.74. The summed E-state index contributed by atoms with van der Waals surface area (Å²) in [6.07, 6.45) is 1.95. The fourth-order valence-corrected chi connectivity index (χ4v) is 4.18. The molecular weight excluding hydrogens is 400 g/mol. The van der Waals surface area contributed by atoms with E-state index in [1.165, 1.54) is 11.3 Å². The van der Waals surface area contributed by atoms with E-state index >= 15 is 0 Å². The number of aromatic nitrogens is 1. The number of carbonyl (C=O) groups excluding carboxylic acids is 3. The van der Waals surface area contributed by atoms with Crippen LogP contribution in [-0.4, -0.2) is 33.8 Å². The van der Waals surface area contributed by atoms with Crippen LogP contribution in [0.4, 0.5) is 9.93 Å². The van der Waals surface area contributed by atoms with Crippen molar-refractivity contribution in [3.05, 3.63) is 59.6 Å². The molecule has 2 aromatic carbocycles. The van der Waals surface area contributed by atoms with E-state index < -0.39 is 29.9 Å². The third-order valence-electron chi connectivity index (χ3n) is 5.05. The molecular formula is C22H22N4O3S. The Morgan fingerprint density at radius 1 is 1.20 bits per heavy atom. The Balaban J connectivity index is 1.61. The van der Waals surface area contributed by atoms with Crippen LogP contribution in [0.25, 0.3) is 10.8 Å². The number of fused-ring (bicyclic) bond motifs is 1. The second-order valence-corrected chi connectivity index (χ2v) is 8.56. The van der Waals surface area contributed by atoms with Gasteiger partial charge in [-0.3, -0.25) is 9.59 Å². The lowest BCUT2D eigenvalue weighted by Crippen LogP contribution is -2.48. The number of hydrogen-bond donors (Lipinski definition) is 2. The van der Waals surface area contributed by atoms with Gasteiger partial charge in [0.05, 0.1) is 0 Å². The summed E-state index contributed by atoms with van der Waals surface area (Å²) in [7, 11) is 0. The van der Waals surface area contributed by atoms with Crippen LogP contribution in [0, 0.1) is 5.92 Å². The maximum Gasteiger partial charge on any atom is 0.325 e. The van der Waals surface area contributed by atoms with E-state index in [4.69, 9.17) is 0 Å². The van der Waals surface area contributed by atoms with Gasteiger partial charge in [0.2, 0.25) is 5.91 Å². The molecule has 7 nitrogen and oxygen atoms in total. The van der Waals surface area contributed by atoms with Crippen molar-refractivity contribution in [1.29, 1.82) is 0 Å². The van der Waals surface area contributed by atoms with Crippen molar-refractivity contribution < 1.29 is 14.4 Å². The van der Waals surface area contributed by atoms with E-state index in [-0.39, 0.29) is 5.92 Å². The molecule has 1 aliphatic heterocycles. The maximum absolute atomic E-state index is 13.2. The van der Waals surface area contributed by atoms with Crippen molar-refractivity contribution in [3.8, 4) is 0 Å². The van der Waals surface area contributed by atoms with Gasteiger partial charge in [-0.2, -0.15) is 0 Å². The highest BCUT2D eigenvalue weighted by Gasteiger charge is 2.45. The van der Waals surface area contributed by atoms with Crippen LogP contribution in [0.1, 0.15) is 31.9 Å². The molecule has 0 aliphatic carbocycles. The van der Waals surface area contributed by atoms with Crippen LogP contribution in [0.5, 0.6) is 0 Å². The lowest BCUT2D eigenvalue weighted by Gasteiger charge is -2.25. The minimum atomic E-state index is -0.910. The van der Waals surface area contributed by atoms with E-state index in [1.54, 1.807) is 11.6 Å². The second kappa shape index (κ2) is 8.23. The van der Waals surface area contributed by atoms with Crippen molar-refractivity contribution in [2.75, 3.05) is 5.32 Å². The smallest absolute Gasteiger partial charge is 0.322 e. The molecule has 0 spiro atoms. The second-order valence-electron chi connectivity index (χ2n) is 7.67. The number of imide groups is 1. The molecule has 1 unspecified atom stereocenters. The first-order valence-corrected chi connectivity index (χ1v) is 10.6. The standard InChI is InChI=1S/C22H22N4O3S/c1-13(2)11-17(19(27)25-21-23-9-10-30-21)26-20(28)18(24-22(26)29)16-8-7-14-5-3-4-6-15(14)12-16/h3-10,12-13,17-18H,11H2,1-2H3,(H,24,29)(H,23,25,27)/t17-,18?/m0/s1. The first-order valence-electron chi connectivity index (χ1n) is 9.76. The summed E-state index contributed by atoms with van der Waals surface area (Å²) in [5, 5.41) is 9.68. The van der Waals surface area contributed by atoms with Crippen LogP contribution in [0.2, 0.25) is 0 Å². The molecule has 1 aliphatic rings. The van der Waals surface area contributed by atoms with E-state index in [9.17, 15) is 14.4 Å². The van der Waals surface area contributed by atoms with Crippen molar-refractivity contribution in [1.82, 2.24) is 15.2 Å². The summed E-state index contributed by atoms with van der Waals surface area (Å²) < 4.78 is 0. The fourth-order valence-electron chi connectivity index (χ4n) is 3.65. The van der Waals surface area contributed by atoms with Crippen LogP contribution in [-0.2, 0) is 9.59 Å². The highest BCUT2D eigenvalue weighted by molar-refractivity contribution is 7.13. The highest BCUT2D eigenvalue weighted by Crippen LogP contribution is 2.28. The predicted octanol–water partition coefficient (Wildman–Crippen LogP) is 3.94. The highest BCUT2D eigenvalue weighted by atomic mass is 32.1. The quantitative estimate of drug-likeness (QED) is 0.589. The van der Waals surface area contributed by atoms with Gasteiger partial charge in [0.25, 0.3) is 5.91 Å². The Bertz CT molecular complexity index is 1100. The molecule has 4 rings (SSSR count). The minimum Gasteiger partial charge on any atom is -0.322 e. The van der Waals surface area contributed by atoms with Crippen LogP contribution in [0.3, 0.4) is 0 Å². The Morgan fingerprint density at radius 3 is 2.67 bits per heavy atom. The zero-order valence-corrected chi connectivity index (χ0v) is 17.5. The minimum absolute atomic E-state index is 0.109. The maximum atomic E-state index is 13.2. The Labute approximate surface area is 178 Å². The number of benzene rings is 2. The van der Waals surface area contributed by atoms with Gasteiger partial charge >= 0.3 is 6.03 Å². The average Bonchev–Trinajstić information content (AvgIpc) is 3.33. The molecule has 0 radical (unpaired) electrons. The molecule has 1 saturated heterocycles. The number of anilines is 1. The zero-order valence-electron chi connectivity index (χ0n) is 16.7. The van der Waals surface area contributed by atoms with Gasteiger partial charge in [-0.1, -0.05) is 50.2 Å². The average molecular weight is 423 g/mol. The molecule has 1 fully saturated rings. The number of amides is 4. The number of rotatable bonds is 6. The summed E-state index contributed by atoms with van der Waals surface area (Å²) in [6.45, 7) is 3.89. The molecule has 154 valence electrons. The molecule has 4 amide bonds. The number of carbonyl (C=O) groups is 3. The largest absolute Gasteiger partial charge is 0.325 e. The molecule has 2 N–H and O–H groups in total. The lowest BCUT2D eigenvalue weighted by molar-refractivity contribution is -0.134. The Kier molecular flexibility index (Phi) is 5.50. The first kappa shape index (κ1) is 20.0.